The van der Waals surface area contributed by atoms with Crippen LogP contribution in [0.25, 0.3) is 0 Å². The van der Waals surface area contributed by atoms with Crippen LogP contribution in [0.5, 0.6) is 0 Å². The van der Waals surface area contributed by atoms with Gasteiger partial charge in [0.1, 0.15) is 11.6 Å². The highest BCUT2D eigenvalue weighted by Crippen LogP contribution is 2.64. The molecule has 3 saturated heterocycles. The van der Waals surface area contributed by atoms with E-state index >= 15 is 0 Å². The summed E-state index contributed by atoms with van der Waals surface area (Å²) in [6.07, 6.45) is 4.73. The smallest absolute Gasteiger partial charge is 0.250 e. The molecular formula is C28H41N3O5. The third kappa shape index (κ3) is 4.32. The summed E-state index contributed by atoms with van der Waals surface area (Å²) >= 11 is 0. The molecule has 2 unspecified atom stereocenters. The van der Waals surface area contributed by atoms with Crippen LogP contribution in [-0.4, -0.2) is 64.7 Å². The number of fused-ring (bicyclic) bond motifs is 1. The normalized spacial score (nSPS) is 30.5. The van der Waals surface area contributed by atoms with E-state index < -0.39 is 29.1 Å². The van der Waals surface area contributed by atoms with Crippen molar-refractivity contribution in [2.45, 2.75) is 89.9 Å². The standard InChI is InChI=1S/C28H41N3O5/c1-5-14-29-24(33)21-22-26(35)31(15-8-7-9-16-32)23(28(22)13-12-27(21,6-2)36-28)25(34)30-20-17-18(3)10-11-19(20)4/h10-11,17,21-23,32H,5-9,12-16H2,1-4H3,(H,29,33)(H,30,34)/t21-,22-,23?,27+,28?/m0/s1. The number of aryl methyl sites for hydroxylation is 2. The van der Waals surface area contributed by atoms with Crippen LogP contribution in [0.4, 0.5) is 5.69 Å². The number of ether oxygens (including phenoxy) is 1. The van der Waals surface area contributed by atoms with Crippen LogP contribution in [0.15, 0.2) is 18.2 Å². The van der Waals surface area contributed by atoms with Crippen molar-refractivity contribution in [3.8, 4) is 0 Å². The second kappa shape index (κ2) is 10.5. The Kier molecular flexibility index (Phi) is 7.76. The minimum Gasteiger partial charge on any atom is -0.396 e. The number of nitrogens with one attached hydrogen (secondary N) is 2. The first-order valence-electron chi connectivity index (χ1n) is 13.5. The molecule has 5 atom stereocenters. The molecule has 0 aromatic heterocycles. The third-order valence-corrected chi connectivity index (χ3v) is 8.47. The zero-order chi connectivity index (χ0) is 26.1. The Morgan fingerprint density at radius 1 is 1.14 bits per heavy atom. The Labute approximate surface area is 214 Å². The maximum absolute atomic E-state index is 14.0. The summed E-state index contributed by atoms with van der Waals surface area (Å²) < 4.78 is 6.76. The molecule has 3 N–H and O–H groups in total. The van der Waals surface area contributed by atoms with Crippen LogP contribution >= 0.6 is 0 Å². The highest BCUT2D eigenvalue weighted by atomic mass is 16.5. The molecule has 1 spiro atoms. The fourth-order valence-electron chi connectivity index (χ4n) is 6.66. The highest BCUT2D eigenvalue weighted by molar-refractivity contribution is 6.04. The van der Waals surface area contributed by atoms with E-state index in [0.29, 0.717) is 45.2 Å². The second-order valence-corrected chi connectivity index (χ2v) is 10.7. The van der Waals surface area contributed by atoms with Gasteiger partial charge < -0.3 is 25.4 Å². The van der Waals surface area contributed by atoms with Crippen molar-refractivity contribution in [3.05, 3.63) is 29.3 Å². The van der Waals surface area contributed by atoms with Gasteiger partial charge in [0.25, 0.3) is 0 Å². The molecule has 1 aromatic rings. The van der Waals surface area contributed by atoms with Crippen molar-refractivity contribution in [2.75, 3.05) is 25.0 Å². The Morgan fingerprint density at radius 3 is 2.61 bits per heavy atom. The van der Waals surface area contributed by atoms with E-state index in [1.54, 1.807) is 4.90 Å². The van der Waals surface area contributed by atoms with Gasteiger partial charge in [0.2, 0.25) is 17.7 Å². The van der Waals surface area contributed by atoms with E-state index in [2.05, 4.69) is 10.6 Å². The molecule has 8 nitrogen and oxygen atoms in total. The van der Waals surface area contributed by atoms with E-state index in [1.165, 1.54) is 0 Å². The molecule has 198 valence electrons. The van der Waals surface area contributed by atoms with Gasteiger partial charge in [-0.05, 0) is 76.0 Å². The highest BCUT2D eigenvalue weighted by Gasteiger charge is 2.78. The first-order valence-corrected chi connectivity index (χ1v) is 13.5. The number of carbonyl (C=O) groups excluding carboxylic acids is 3. The van der Waals surface area contributed by atoms with E-state index in [-0.39, 0.29) is 24.3 Å². The van der Waals surface area contributed by atoms with Gasteiger partial charge in [-0.3, -0.25) is 14.4 Å². The predicted octanol–water partition coefficient (Wildman–Crippen LogP) is 3.09. The number of aliphatic hydroxyl groups excluding tert-OH is 1. The summed E-state index contributed by atoms with van der Waals surface area (Å²) in [4.78, 5) is 43.0. The molecule has 0 radical (unpaired) electrons. The van der Waals surface area contributed by atoms with E-state index in [9.17, 15) is 19.5 Å². The van der Waals surface area contributed by atoms with Crippen molar-refractivity contribution in [1.29, 1.82) is 0 Å². The Bertz CT molecular complexity index is 1010. The molecule has 3 aliphatic rings. The second-order valence-electron chi connectivity index (χ2n) is 10.7. The molecule has 8 heteroatoms. The van der Waals surface area contributed by atoms with Crippen LogP contribution in [-0.2, 0) is 19.1 Å². The van der Waals surface area contributed by atoms with Crippen molar-refractivity contribution in [3.63, 3.8) is 0 Å². The topological polar surface area (TPSA) is 108 Å². The fraction of sp³-hybridized carbons (Fsp3) is 0.679. The summed E-state index contributed by atoms with van der Waals surface area (Å²) in [5.74, 6) is -1.84. The molecule has 36 heavy (non-hydrogen) atoms. The van der Waals surface area contributed by atoms with Gasteiger partial charge in [0, 0.05) is 25.4 Å². The number of aliphatic hydroxyl groups is 1. The lowest BCUT2D eigenvalue weighted by molar-refractivity contribution is -0.146. The van der Waals surface area contributed by atoms with Crippen molar-refractivity contribution in [1.82, 2.24) is 10.2 Å². The van der Waals surface area contributed by atoms with Crippen LogP contribution in [0.1, 0.15) is 69.9 Å². The van der Waals surface area contributed by atoms with Gasteiger partial charge in [-0.1, -0.05) is 26.0 Å². The molecular weight excluding hydrogens is 458 g/mol. The number of benzene rings is 1. The molecule has 2 bridgehead atoms. The number of nitrogens with zero attached hydrogens (tertiary/aromatic N) is 1. The average molecular weight is 500 g/mol. The number of rotatable bonds is 11. The number of hydrogen-bond acceptors (Lipinski definition) is 5. The maximum atomic E-state index is 14.0. The molecule has 0 saturated carbocycles. The van der Waals surface area contributed by atoms with Gasteiger partial charge in [-0.25, -0.2) is 0 Å². The first kappa shape index (κ1) is 26.6. The van der Waals surface area contributed by atoms with E-state index in [0.717, 1.165) is 29.7 Å². The summed E-state index contributed by atoms with van der Waals surface area (Å²) in [6.45, 7) is 8.96. The molecule has 4 rings (SSSR count). The van der Waals surface area contributed by atoms with Crippen LogP contribution in [0, 0.1) is 25.7 Å². The minimum absolute atomic E-state index is 0.0961. The lowest BCUT2D eigenvalue weighted by atomic mass is 9.65. The quantitative estimate of drug-likeness (QED) is 0.406. The summed E-state index contributed by atoms with van der Waals surface area (Å²) in [6, 6.07) is 5.10. The van der Waals surface area contributed by atoms with Gasteiger partial charge in [-0.2, -0.15) is 0 Å². The lowest BCUT2D eigenvalue weighted by Crippen LogP contribution is -2.53. The van der Waals surface area contributed by atoms with Gasteiger partial charge in [0.05, 0.1) is 17.4 Å². The average Bonchev–Trinajstić information content (AvgIpc) is 3.46. The van der Waals surface area contributed by atoms with Gasteiger partial charge >= 0.3 is 0 Å². The molecule has 3 heterocycles. The number of unbranched alkanes of at least 4 members (excludes halogenated alkanes) is 2. The maximum Gasteiger partial charge on any atom is 0.250 e. The summed E-state index contributed by atoms with van der Waals surface area (Å²) in [5.41, 5.74) is 0.965. The van der Waals surface area contributed by atoms with Crippen molar-refractivity contribution < 1.29 is 24.2 Å². The number of amides is 3. The Balaban J connectivity index is 1.71. The molecule has 1 aromatic carbocycles. The monoisotopic (exact) mass is 499 g/mol. The fourth-order valence-corrected chi connectivity index (χ4v) is 6.66. The SMILES string of the molecule is CCCNC(=O)[C@@H]1[C@H]2C(=O)N(CCCCCO)C(C(=O)Nc3cc(C)ccc3C)C23CC[C@@]1(CC)O3. The number of anilines is 1. The lowest BCUT2D eigenvalue weighted by Gasteiger charge is -2.34. The zero-order valence-corrected chi connectivity index (χ0v) is 22.1. The molecule has 0 aliphatic carbocycles. The van der Waals surface area contributed by atoms with Crippen LogP contribution < -0.4 is 10.6 Å². The zero-order valence-electron chi connectivity index (χ0n) is 22.1. The predicted molar refractivity (Wildman–Crippen MR) is 137 cm³/mol. The number of likely N-dealkylation sites (tertiary alicyclic amines) is 1. The van der Waals surface area contributed by atoms with Crippen molar-refractivity contribution >= 4 is 23.4 Å². The summed E-state index contributed by atoms with van der Waals surface area (Å²) in [7, 11) is 0. The third-order valence-electron chi connectivity index (χ3n) is 8.47. The largest absolute Gasteiger partial charge is 0.396 e. The van der Waals surface area contributed by atoms with Crippen LogP contribution in [0.2, 0.25) is 0 Å². The molecule has 3 fully saturated rings. The number of carbonyl (C=O) groups is 3. The number of hydrogen-bond donors (Lipinski definition) is 3. The van der Waals surface area contributed by atoms with Crippen molar-refractivity contribution in [2.24, 2.45) is 11.8 Å². The summed E-state index contributed by atoms with van der Waals surface area (Å²) in [5, 5.41) is 15.3. The van der Waals surface area contributed by atoms with E-state index in [1.807, 2.05) is 45.9 Å². The minimum atomic E-state index is -1.01. The Morgan fingerprint density at radius 2 is 1.92 bits per heavy atom. The van der Waals surface area contributed by atoms with Gasteiger partial charge in [0.15, 0.2) is 0 Å². The first-order chi connectivity index (χ1) is 17.2. The van der Waals surface area contributed by atoms with E-state index in [4.69, 9.17) is 4.74 Å². The molecule has 3 amide bonds. The Hall–Kier alpha value is -2.45. The van der Waals surface area contributed by atoms with Crippen LogP contribution in [0.3, 0.4) is 0 Å². The van der Waals surface area contributed by atoms with Gasteiger partial charge in [-0.15, -0.1) is 0 Å². The molecule has 3 aliphatic heterocycles.